The number of thiophene rings is 2. The summed E-state index contributed by atoms with van der Waals surface area (Å²) in [5.41, 5.74) is 10.8. The van der Waals surface area contributed by atoms with Crippen LogP contribution < -0.4 is 4.90 Å². The lowest BCUT2D eigenvalue weighted by Crippen LogP contribution is -2.09. The molecule has 0 bridgehead atoms. The van der Waals surface area contributed by atoms with Gasteiger partial charge < -0.3 is 4.90 Å². The molecule has 0 atom stereocenters. The Balaban J connectivity index is 1.01. The summed E-state index contributed by atoms with van der Waals surface area (Å²) in [6.07, 6.45) is 0. The number of rotatable bonds is 6. The summed E-state index contributed by atoms with van der Waals surface area (Å²) in [5.74, 6) is 0. The van der Waals surface area contributed by atoms with Gasteiger partial charge in [-0.15, -0.1) is 22.7 Å². The van der Waals surface area contributed by atoms with Crippen LogP contribution in [0.2, 0.25) is 0 Å². The summed E-state index contributed by atoms with van der Waals surface area (Å²) in [5, 5.41) is 5.47. The highest BCUT2D eigenvalue weighted by atomic mass is 32.1. The van der Waals surface area contributed by atoms with E-state index in [-0.39, 0.29) is 0 Å². The first kappa shape index (κ1) is 29.9. The molecule has 0 N–H and O–H groups in total. The summed E-state index contributed by atoms with van der Waals surface area (Å²) >= 11 is 3.80. The van der Waals surface area contributed by atoms with Gasteiger partial charge in [-0.2, -0.15) is 0 Å². The molecule has 1 nitrogen and oxygen atoms in total. The first-order valence-electron chi connectivity index (χ1n) is 17.3. The van der Waals surface area contributed by atoms with Gasteiger partial charge in [0.2, 0.25) is 0 Å². The predicted octanol–water partition coefficient (Wildman–Crippen LogP) is 14.9. The highest BCUT2D eigenvalue weighted by Gasteiger charge is 2.17. The third-order valence-electron chi connectivity index (χ3n) is 9.90. The largest absolute Gasteiger partial charge is 0.311 e. The maximum atomic E-state index is 2.34. The summed E-state index contributed by atoms with van der Waals surface area (Å²) in [6.45, 7) is 0. The first-order valence-corrected chi connectivity index (χ1v) is 18.9. The van der Waals surface area contributed by atoms with Crippen LogP contribution in [0, 0.1) is 0 Å². The van der Waals surface area contributed by atoms with Gasteiger partial charge in [0.15, 0.2) is 0 Å². The number of hydrogen-bond acceptors (Lipinski definition) is 3. The van der Waals surface area contributed by atoms with Gasteiger partial charge in [0.05, 0.1) is 0 Å². The van der Waals surface area contributed by atoms with Crippen LogP contribution in [0.25, 0.3) is 73.7 Å². The molecule has 240 valence electrons. The topological polar surface area (TPSA) is 3.24 Å². The number of nitrogens with zero attached hydrogens (tertiary/aromatic N) is 1. The van der Waals surface area contributed by atoms with Gasteiger partial charge >= 0.3 is 0 Å². The predicted molar refractivity (Wildman–Crippen MR) is 223 cm³/mol. The molecular formula is C48H31NS2. The van der Waals surface area contributed by atoms with Crippen LogP contribution in [0.5, 0.6) is 0 Å². The van der Waals surface area contributed by atoms with Gasteiger partial charge in [0.25, 0.3) is 0 Å². The fourth-order valence-corrected chi connectivity index (χ4v) is 9.79. The second-order valence-corrected chi connectivity index (χ2v) is 15.0. The van der Waals surface area contributed by atoms with Gasteiger partial charge in [0.1, 0.15) is 0 Å². The highest BCUT2D eigenvalue weighted by molar-refractivity contribution is 7.28. The van der Waals surface area contributed by atoms with Gasteiger partial charge in [-0.1, -0.05) is 133 Å². The minimum absolute atomic E-state index is 1.12. The summed E-state index contributed by atoms with van der Waals surface area (Å²) in [6, 6.07) is 68.3. The average molecular weight is 686 g/mol. The fraction of sp³-hybridized carbons (Fsp3) is 0. The van der Waals surface area contributed by atoms with Crippen LogP contribution in [0.1, 0.15) is 0 Å². The van der Waals surface area contributed by atoms with Crippen molar-refractivity contribution in [1.82, 2.24) is 0 Å². The molecule has 51 heavy (non-hydrogen) atoms. The lowest BCUT2D eigenvalue weighted by molar-refractivity contribution is 1.28. The Morgan fingerprint density at radius 3 is 1.43 bits per heavy atom. The number of para-hydroxylation sites is 1. The van der Waals surface area contributed by atoms with Gasteiger partial charge in [-0.05, 0) is 88.0 Å². The molecule has 0 aliphatic heterocycles. The van der Waals surface area contributed by atoms with Gasteiger partial charge in [-0.3, -0.25) is 0 Å². The Morgan fingerprint density at radius 1 is 0.294 bits per heavy atom. The molecule has 10 rings (SSSR count). The molecule has 0 unspecified atom stereocenters. The molecule has 0 aliphatic carbocycles. The summed E-state index contributed by atoms with van der Waals surface area (Å²) in [4.78, 5) is 2.34. The van der Waals surface area contributed by atoms with Crippen molar-refractivity contribution in [1.29, 1.82) is 0 Å². The van der Waals surface area contributed by atoms with Crippen molar-refractivity contribution in [3.05, 3.63) is 188 Å². The van der Waals surface area contributed by atoms with E-state index < -0.39 is 0 Å². The van der Waals surface area contributed by atoms with Gasteiger partial charge in [-0.25, -0.2) is 0 Å². The molecule has 0 spiro atoms. The van der Waals surface area contributed by atoms with Crippen molar-refractivity contribution < 1.29 is 0 Å². The van der Waals surface area contributed by atoms with E-state index in [0.717, 1.165) is 17.1 Å². The zero-order chi connectivity index (χ0) is 33.7. The molecule has 2 heterocycles. The lowest BCUT2D eigenvalue weighted by Gasteiger charge is -2.26. The lowest BCUT2D eigenvalue weighted by atomic mass is 9.99. The monoisotopic (exact) mass is 685 g/mol. The van der Waals surface area contributed by atoms with Gasteiger partial charge in [0, 0.05) is 57.4 Å². The Morgan fingerprint density at radius 2 is 0.765 bits per heavy atom. The van der Waals surface area contributed by atoms with E-state index in [1.807, 2.05) is 22.7 Å². The third-order valence-corrected chi connectivity index (χ3v) is 12.2. The van der Waals surface area contributed by atoms with Crippen molar-refractivity contribution in [2.45, 2.75) is 0 Å². The van der Waals surface area contributed by atoms with E-state index in [9.17, 15) is 0 Å². The molecule has 0 aliphatic rings. The molecule has 2 aromatic heterocycles. The second kappa shape index (κ2) is 12.4. The molecule has 0 saturated heterocycles. The highest BCUT2D eigenvalue weighted by Crippen LogP contribution is 2.47. The average Bonchev–Trinajstić information content (AvgIpc) is 3.78. The molecule has 0 saturated carbocycles. The Labute approximate surface area is 304 Å². The van der Waals surface area contributed by atoms with Crippen molar-refractivity contribution in [2.75, 3.05) is 4.90 Å². The van der Waals surface area contributed by atoms with Crippen molar-refractivity contribution >= 4 is 80.1 Å². The summed E-state index contributed by atoms with van der Waals surface area (Å²) < 4.78 is 5.39. The molecule has 10 aromatic rings. The minimum atomic E-state index is 1.12. The molecule has 3 heteroatoms. The first-order chi connectivity index (χ1) is 25.3. The molecule has 0 fully saturated rings. The number of benzene rings is 8. The van der Waals surface area contributed by atoms with Crippen molar-refractivity contribution in [2.24, 2.45) is 0 Å². The fourth-order valence-electron chi connectivity index (χ4n) is 7.43. The molecule has 8 aromatic carbocycles. The van der Waals surface area contributed by atoms with E-state index in [4.69, 9.17) is 0 Å². The van der Waals surface area contributed by atoms with Crippen LogP contribution >= 0.6 is 22.7 Å². The van der Waals surface area contributed by atoms with Crippen LogP contribution in [-0.4, -0.2) is 0 Å². The zero-order valence-corrected chi connectivity index (χ0v) is 29.3. The second-order valence-electron chi connectivity index (χ2n) is 12.9. The maximum Gasteiger partial charge on any atom is 0.0462 e. The minimum Gasteiger partial charge on any atom is -0.311 e. The smallest absolute Gasteiger partial charge is 0.0462 e. The van der Waals surface area contributed by atoms with Crippen LogP contribution in [0.15, 0.2) is 188 Å². The SMILES string of the molecule is c1ccc(-c2ccc(-c3ccc(N(c4ccccc4)c4ccc(-c5cccc6c5sc5ccc7sc8ccccc8c7c56)cc4)cc3)cc2)cc1. The van der Waals surface area contributed by atoms with Crippen LogP contribution in [0.3, 0.4) is 0 Å². The van der Waals surface area contributed by atoms with E-state index in [1.54, 1.807) is 0 Å². The Hall–Kier alpha value is -6.00. The zero-order valence-electron chi connectivity index (χ0n) is 27.7. The van der Waals surface area contributed by atoms with E-state index in [2.05, 4.69) is 193 Å². The Kier molecular flexibility index (Phi) is 7.26. The Bertz CT molecular complexity index is 2810. The van der Waals surface area contributed by atoms with Crippen LogP contribution in [0.4, 0.5) is 17.1 Å². The number of fused-ring (bicyclic) bond motifs is 7. The van der Waals surface area contributed by atoms with Crippen molar-refractivity contribution in [3.8, 4) is 33.4 Å². The third kappa shape index (κ3) is 5.21. The summed E-state index contributed by atoms with van der Waals surface area (Å²) in [7, 11) is 0. The molecule has 0 amide bonds. The normalized spacial score (nSPS) is 11.5. The van der Waals surface area contributed by atoms with Crippen LogP contribution in [-0.2, 0) is 0 Å². The van der Waals surface area contributed by atoms with E-state index >= 15 is 0 Å². The molecule has 0 radical (unpaired) electrons. The number of anilines is 3. The maximum absolute atomic E-state index is 2.34. The van der Waals surface area contributed by atoms with E-state index in [1.165, 1.54) is 73.7 Å². The van der Waals surface area contributed by atoms with Crippen molar-refractivity contribution in [3.63, 3.8) is 0 Å². The van der Waals surface area contributed by atoms with E-state index in [0.29, 0.717) is 0 Å². The molecular weight excluding hydrogens is 655 g/mol. The number of hydrogen-bond donors (Lipinski definition) is 0. The quantitative estimate of drug-likeness (QED) is 0.168. The standard InChI is InChI=1S/C48H31NS2/c1-3-10-32(11-4-1)33-18-20-34(21-19-33)35-22-26-38(27-23-35)49(37-12-5-2-6-13-37)39-28-24-36(25-29-39)40-15-9-16-42-47-45(51-48(40)42)31-30-44-46(47)41-14-7-8-17-43(41)50-44/h1-31H.